The van der Waals surface area contributed by atoms with Gasteiger partial charge in [0.05, 0.1) is 0 Å². The molecule has 0 fully saturated rings. The van der Waals surface area contributed by atoms with Gasteiger partial charge in [-0.25, -0.2) is 4.58 Å². The molecule has 1 nitrogen and oxygen atoms in total. The fourth-order valence-corrected chi connectivity index (χ4v) is 1.26. The van der Waals surface area contributed by atoms with E-state index in [-0.39, 0.29) is 0 Å². The summed E-state index contributed by atoms with van der Waals surface area (Å²) in [6, 6.07) is 0. The van der Waals surface area contributed by atoms with Crippen LogP contribution in [0.5, 0.6) is 0 Å². The minimum absolute atomic E-state index is 0.746. The average Bonchev–Trinajstić information content (AvgIpc) is 1.93. The summed E-state index contributed by atoms with van der Waals surface area (Å²) in [6.45, 7) is 6.69. The first kappa shape index (κ1) is 7.52. The molecule has 0 aromatic heterocycles. The predicted octanol–water partition coefficient (Wildman–Crippen LogP) is 2.03. The summed E-state index contributed by atoms with van der Waals surface area (Å²) in [5, 5.41) is 0. The van der Waals surface area contributed by atoms with Crippen molar-refractivity contribution in [1.29, 1.82) is 0 Å². The summed E-state index contributed by atoms with van der Waals surface area (Å²) in [7, 11) is 2.12. The van der Waals surface area contributed by atoms with Crippen LogP contribution in [-0.4, -0.2) is 17.8 Å². The Morgan fingerprint density at radius 2 is 2.10 bits per heavy atom. The van der Waals surface area contributed by atoms with Gasteiger partial charge in [0, 0.05) is 13.3 Å². The molecule has 0 spiro atoms. The molecule has 1 rings (SSSR count). The van der Waals surface area contributed by atoms with Gasteiger partial charge in [0.1, 0.15) is 13.3 Å². The summed E-state index contributed by atoms with van der Waals surface area (Å²) in [4.78, 5) is 0. The topological polar surface area (TPSA) is 3.01 Å². The minimum Gasteiger partial charge on any atom is -0.209 e. The molecule has 1 atom stereocenters. The fourth-order valence-electron chi connectivity index (χ4n) is 1.26. The van der Waals surface area contributed by atoms with Crippen molar-refractivity contribution in [3.05, 3.63) is 11.3 Å². The molecule has 0 N–H and O–H groups in total. The number of hydrogen-bond acceptors (Lipinski definition) is 0. The zero-order valence-corrected chi connectivity index (χ0v) is 7.31. The summed E-state index contributed by atoms with van der Waals surface area (Å²) in [5.74, 6) is 0.746. The number of allylic oxidation sites excluding steroid dienone is 2. The molecule has 1 unspecified atom stereocenters. The molecular formula is C9H16N+. The van der Waals surface area contributed by atoms with E-state index in [1.165, 1.54) is 17.7 Å². The lowest BCUT2D eigenvalue weighted by Gasteiger charge is -2.14. The van der Waals surface area contributed by atoms with E-state index in [9.17, 15) is 0 Å². The molecule has 0 bridgehead atoms. The molecule has 0 amide bonds. The Bertz CT molecular complexity index is 199. The molecule has 0 saturated heterocycles. The molecule has 0 radical (unpaired) electrons. The van der Waals surface area contributed by atoms with Crippen LogP contribution in [0.25, 0.3) is 0 Å². The fraction of sp³-hybridized carbons (Fsp3) is 0.667. The molecule has 0 aliphatic carbocycles. The van der Waals surface area contributed by atoms with Gasteiger partial charge in [-0.1, -0.05) is 6.92 Å². The largest absolute Gasteiger partial charge is 0.209 e. The first-order chi connectivity index (χ1) is 4.63. The van der Waals surface area contributed by atoms with E-state index in [0.29, 0.717) is 0 Å². The third kappa shape index (κ3) is 1.13. The van der Waals surface area contributed by atoms with Crippen molar-refractivity contribution in [1.82, 2.24) is 0 Å². The van der Waals surface area contributed by atoms with Gasteiger partial charge in [-0.05, 0) is 18.4 Å². The molecular weight excluding hydrogens is 122 g/mol. The lowest BCUT2D eigenvalue weighted by molar-refractivity contribution is -0.443. The van der Waals surface area contributed by atoms with E-state index in [2.05, 4.69) is 38.6 Å². The van der Waals surface area contributed by atoms with Crippen LogP contribution in [0.15, 0.2) is 11.3 Å². The molecule has 1 heteroatoms. The molecule has 1 heterocycles. The third-order valence-electron chi connectivity index (χ3n) is 2.57. The highest BCUT2D eigenvalue weighted by Gasteiger charge is 2.17. The monoisotopic (exact) mass is 138 g/mol. The van der Waals surface area contributed by atoms with Crippen molar-refractivity contribution < 1.29 is 4.58 Å². The third-order valence-corrected chi connectivity index (χ3v) is 2.57. The minimum atomic E-state index is 0.746. The lowest BCUT2D eigenvalue weighted by atomic mass is 9.96. The Kier molecular flexibility index (Phi) is 1.93. The second-order valence-corrected chi connectivity index (χ2v) is 3.20. The standard InChI is InChI=1S/C9H16N/c1-7-5-6-10(4)9(3)8(7)2/h6-7H,5H2,1-4H3/q+1. The predicted molar refractivity (Wildman–Crippen MR) is 44.4 cm³/mol. The Hall–Kier alpha value is -0.590. The highest BCUT2D eigenvalue weighted by Crippen LogP contribution is 2.20. The van der Waals surface area contributed by atoms with Gasteiger partial charge in [-0.3, -0.25) is 0 Å². The molecule has 1 aliphatic heterocycles. The Labute approximate surface area is 63.1 Å². The first-order valence-electron chi connectivity index (χ1n) is 3.86. The molecule has 0 aromatic carbocycles. The Morgan fingerprint density at radius 1 is 1.50 bits per heavy atom. The number of nitrogens with zero attached hydrogens (tertiary/aromatic N) is 1. The van der Waals surface area contributed by atoms with Crippen LogP contribution >= 0.6 is 0 Å². The first-order valence-corrected chi connectivity index (χ1v) is 3.86. The summed E-state index contributed by atoms with van der Waals surface area (Å²) >= 11 is 0. The van der Waals surface area contributed by atoms with Gasteiger partial charge in [-0.2, -0.15) is 0 Å². The molecule has 0 aromatic rings. The highest BCUT2D eigenvalue weighted by atomic mass is 15.0. The second kappa shape index (κ2) is 2.57. The summed E-state index contributed by atoms with van der Waals surface area (Å²) in [6.07, 6.45) is 3.45. The van der Waals surface area contributed by atoms with E-state index < -0.39 is 0 Å². The average molecular weight is 138 g/mol. The van der Waals surface area contributed by atoms with E-state index in [1.807, 2.05) is 0 Å². The highest BCUT2D eigenvalue weighted by molar-refractivity contribution is 5.54. The second-order valence-electron chi connectivity index (χ2n) is 3.20. The van der Waals surface area contributed by atoms with Crippen molar-refractivity contribution in [3.63, 3.8) is 0 Å². The zero-order chi connectivity index (χ0) is 7.72. The van der Waals surface area contributed by atoms with E-state index in [0.717, 1.165) is 5.92 Å². The Morgan fingerprint density at radius 3 is 2.60 bits per heavy atom. The van der Waals surface area contributed by atoms with Crippen LogP contribution in [0.1, 0.15) is 27.2 Å². The van der Waals surface area contributed by atoms with Crippen molar-refractivity contribution in [3.8, 4) is 0 Å². The van der Waals surface area contributed by atoms with Gasteiger partial charge in [0.25, 0.3) is 0 Å². The van der Waals surface area contributed by atoms with Crippen LogP contribution in [0.3, 0.4) is 0 Å². The summed E-state index contributed by atoms with van der Waals surface area (Å²) in [5.41, 5.74) is 2.95. The lowest BCUT2D eigenvalue weighted by Crippen LogP contribution is -2.16. The van der Waals surface area contributed by atoms with Gasteiger partial charge in [0.15, 0.2) is 5.70 Å². The van der Waals surface area contributed by atoms with Gasteiger partial charge < -0.3 is 0 Å². The van der Waals surface area contributed by atoms with Crippen LogP contribution in [-0.2, 0) is 0 Å². The maximum Gasteiger partial charge on any atom is 0.176 e. The molecule has 0 saturated carbocycles. The van der Waals surface area contributed by atoms with Crippen molar-refractivity contribution >= 4 is 6.21 Å². The van der Waals surface area contributed by atoms with E-state index in [1.54, 1.807) is 0 Å². The normalized spacial score (nSPS) is 26.8. The maximum atomic E-state index is 2.28. The maximum absolute atomic E-state index is 2.28. The van der Waals surface area contributed by atoms with Crippen LogP contribution in [0, 0.1) is 5.92 Å². The number of rotatable bonds is 0. The van der Waals surface area contributed by atoms with Crippen LogP contribution in [0.4, 0.5) is 0 Å². The molecule has 56 valence electrons. The molecule has 10 heavy (non-hydrogen) atoms. The van der Waals surface area contributed by atoms with E-state index >= 15 is 0 Å². The van der Waals surface area contributed by atoms with Crippen LogP contribution < -0.4 is 0 Å². The smallest absolute Gasteiger partial charge is 0.176 e. The Balaban J connectivity index is 2.94. The van der Waals surface area contributed by atoms with Gasteiger partial charge >= 0.3 is 0 Å². The van der Waals surface area contributed by atoms with Gasteiger partial charge in [0.2, 0.25) is 0 Å². The zero-order valence-electron chi connectivity index (χ0n) is 7.31. The van der Waals surface area contributed by atoms with Crippen LogP contribution in [0.2, 0.25) is 0 Å². The van der Waals surface area contributed by atoms with Gasteiger partial charge in [-0.15, -0.1) is 0 Å². The number of hydrogen-bond donors (Lipinski definition) is 0. The molecule has 1 aliphatic rings. The quantitative estimate of drug-likeness (QED) is 0.451. The van der Waals surface area contributed by atoms with E-state index in [4.69, 9.17) is 0 Å². The SMILES string of the molecule is CC1=C(C)[N+](C)=CCC1C. The van der Waals surface area contributed by atoms with Crippen molar-refractivity contribution in [2.75, 3.05) is 7.05 Å². The van der Waals surface area contributed by atoms with Crippen molar-refractivity contribution in [2.24, 2.45) is 5.92 Å². The van der Waals surface area contributed by atoms with Crippen molar-refractivity contribution in [2.45, 2.75) is 27.2 Å². The summed E-state index contributed by atoms with van der Waals surface area (Å²) < 4.78 is 2.22.